The first-order valence-electron chi connectivity index (χ1n) is 7.41. The van der Waals surface area contributed by atoms with Gasteiger partial charge in [0.15, 0.2) is 0 Å². The maximum absolute atomic E-state index is 11.9. The molecule has 0 amide bonds. The van der Waals surface area contributed by atoms with Gasteiger partial charge in [0.25, 0.3) is 5.56 Å². The number of aromatic amines is 1. The first kappa shape index (κ1) is 16.4. The van der Waals surface area contributed by atoms with Gasteiger partial charge in [-0.05, 0) is 18.6 Å². The molecular formula is C17H14N2O6. The first-order valence-corrected chi connectivity index (χ1v) is 7.41. The topological polar surface area (TPSA) is 111 Å². The van der Waals surface area contributed by atoms with Crippen LogP contribution in [-0.2, 0) is 22.7 Å². The van der Waals surface area contributed by atoms with Crippen LogP contribution in [0.1, 0.15) is 11.1 Å². The highest BCUT2D eigenvalue weighted by Crippen LogP contribution is 2.19. The summed E-state index contributed by atoms with van der Waals surface area (Å²) in [6, 6.07) is 7.75. The molecule has 0 aliphatic heterocycles. The molecule has 2 aromatic heterocycles. The zero-order valence-electron chi connectivity index (χ0n) is 13.3. The van der Waals surface area contributed by atoms with Crippen molar-refractivity contribution >= 4 is 16.9 Å². The van der Waals surface area contributed by atoms with Crippen LogP contribution in [0, 0.1) is 6.92 Å². The van der Waals surface area contributed by atoms with Crippen molar-refractivity contribution in [2.45, 2.75) is 20.1 Å². The average Bonchev–Trinajstić information content (AvgIpc) is 2.54. The van der Waals surface area contributed by atoms with E-state index in [0.29, 0.717) is 16.5 Å². The summed E-state index contributed by atoms with van der Waals surface area (Å²) in [5.74, 6) is -0.678. The van der Waals surface area contributed by atoms with Gasteiger partial charge in [0, 0.05) is 29.3 Å². The van der Waals surface area contributed by atoms with E-state index >= 15 is 0 Å². The van der Waals surface area contributed by atoms with E-state index in [2.05, 4.69) is 0 Å². The van der Waals surface area contributed by atoms with Gasteiger partial charge in [-0.25, -0.2) is 9.59 Å². The molecule has 8 heteroatoms. The molecule has 2 heterocycles. The van der Waals surface area contributed by atoms with Crippen molar-refractivity contribution in [3.8, 4) is 0 Å². The van der Waals surface area contributed by atoms with Crippen molar-refractivity contribution in [2.24, 2.45) is 0 Å². The quantitative estimate of drug-likeness (QED) is 0.552. The van der Waals surface area contributed by atoms with Crippen molar-refractivity contribution in [2.75, 3.05) is 0 Å². The molecule has 25 heavy (non-hydrogen) atoms. The molecule has 3 rings (SSSR count). The number of benzene rings is 1. The van der Waals surface area contributed by atoms with Gasteiger partial charge in [-0.3, -0.25) is 19.1 Å². The fraction of sp³-hybridized carbons (Fsp3) is 0.176. The largest absolute Gasteiger partial charge is 0.459 e. The number of rotatable bonds is 4. The smallest absolute Gasteiger partial charge is 0.336 e. The Morgan fingerprint density at radius 2 is 2.00 bits per heavy atom. The molecule has 0 bridgehead atoms. The van der Waals surface area contributed by atoms with Gasteiger partial charge < -0.3 is 9.15 Å². The zero-order chi connectivity index (χ0) is 18.0. The molecule has 0 atom stereocenters. The third-order valence-corrected chi connectivity index (χ3v) is 3.57. The fourth-order valence-electron chi connectivity index (χ4n) is 2.37. The lowest BCUT2D eigenvalue weighted by atomic mass is 10.1. The molecule has 0 radical (unpaired) electrons. The van der Waals surface area contributed by atoms with Crippen LogP contribution in [0.25, 0.3) is 11.0 Å². The Morgan fingerprint density at radius 1 is 1.20 bits per heavy atom. The van der Waals surface area contributed by atoms with Crippen LogP contribution < -0.4 is 16.9 Å². The third kappa shape index (κ3) is 3.74. The fourth-order valence-corrected chi connectivity index (χ4v) is 2.37. The number of nitrogens with one attached hydrogen (secondary N) is 1. The number of H-pyrrole nitrogens is 1. The van der Waals surface area contributed by atoms with E-state index in [0.717, 1.165) is 16.2 Å². The second-order valence-electron chi connectivity index (χ2n) is 5.49. The summed E-state index contributed by atoms with van der Waals surface area (Å²) in [5, 5.41) is 0.666. The van der Waals surface area contributed by atoms with Gasteiger partial charge in [-0.15, -0.1) is 0 Å². The molecule has 3 aromatic rings. The highest BCUT2D eigenvalue weighted by molar-refractivity contribution is 5.81. The summed E-state index contributed by atoms with van der Waals surface area (Å²) < 4.78 is 11.3. The predicted molar refractivity (Wildman–Crippen MR) is 88.3 cm³/mol. The molecule has 0 saturated carbocycles. The maximum atomic E-state index is 11.9. The molecule has 1 aromatic carbocycles. The lowest BCUT2D eigenvalue weighted by Gasteiger charge is -2.08. The van der Waals surface area contributed by atoms with E-state index in [4.69, 9.17) is 9.15 Å². The third-order valence-electron chi connectivity index (χ3n) is 3.57. The number of hydrogen-bond acceptors (Lipinski definition) is 6. The molecule has 0 saturated heterocycles. The van der Waals surface area contributed by atoms with Gasteiger partial charge in [0.1, 0.15) is 18.7 Å². The van der Waals surface area contributed by atoms with Crippen LogP contribution >= 0.6 is 0 Å². The number of aromatic nitrogens is 2. The monoisotopic (exact) mass is 342 g/mol. The second-order valence-corrected chi connectivity index (χ2v) is 5.49. The summed E-state index contributed by atoms with van der Waals surface area (Å²) >= 11 is 0. The van der Waals surface area contributed by atoms with Crippen LogP contribution in [-0.4, -0.2) is 15.5 Å². The highest BCUT2D eigenvalue weighted by Gasteiger charge is 2.10. The summed E-state index contributed by atoms with van der Waals surface area (Å²) in [4.78, 5) is 48.2. The van der Waals surface area contributed by atoms with E-state index in [1.165, 1.54) is 12.3 Å². The van der Waals surface area contributed by atoms with Gasteiger partial charge in [0.05, 0.1) is 0 Å². The lowest BCUT2D eigenvalue weighted by Crippen LogP contribution is -2.31. The minimum absolute atomic E-state index is 0.137. The van der Waals surface area contributed by atoms with Gasteiger partial charge >= 0.3 is 17.3 Å². The number of aryl methyl sites for hydroxylation is 1. The molecule has 128 valence electrons. The average molecular weight is 342 g/mol. The number of carbonyl (C=O) groups is 1. The van der Waals surface area contributed by atoms with Crippen LogP contribution in [0.3, 0.4) is 0 Å². The lowest BCUT2D eigenvalue weighted by molar-refractivity contribution is -0.145. The Morgan fingerprint density at radius 3 is 2.76 bits per heavy atom. The molecule has 0 aliphatic carbocycles. The Kier molecular flexibility index (Phi) is 4.34. The molecule has 0 unspecified atom stereocenters. The van der Waals surface area contributed by atoms with E-state index in [9.17, 15) is 19.2 Å². The first-order chi connectivity index (χ1) is 11.9. The Bertz CT molecular complexity index is 1120. The number of nitrogens with zero attached hydrogens (tertiary/aromatic N) is 1. The number of esters is 1. The summed E-state index contributed by atoms with van der Waals surface area (Å²) in [5.41, 5.74) is 0.0604. The minimum Gasteiger partial charge on any atom is -0.459 e. The van der Waals surface area contributed by atoms with Crippen LogP contribution in [0.2, 0.25) is 0 Å². The summed E-state index contributed by atoms with van der Waals surface area (Å²) in [7, 11) is 0. The Balaban J connectivity index is 1.78. The molecule has 0 fully saturated rings. The standard InChI is InChI=1S/C17H14N2O6/c1-10-2-3-12-11(7-15(21)25-13(12)6-10)9-24-16(22)8-19-5-4-14(20)18-17(19)23/h2-7H,8-9H2,1H3,(H,18,20,23). The van der Waals surface area contributed by atoms with Crippen LogP contribution in [0.5, 0.6) is 0 Å². The van der Waals surface area contributed by atoms with E-state index < -0.39 is 22.8 Å². The van der Waals surface area contributed by atoms with Crippen LogP contribution in [0.4, 0.5) is 0 Å². The molecular weight excluding hydrogens is 328 g/mol. The number of ether oxygens (including phenoxy) is 1. The molecule has 0 spiro atoms. The van der Waals surface area contributed by atoms with Crippen molar-refractivity contribution in [1.29, 1.82) is 0 Å². The van der Waals surface area contributed by atoms with E-state index in [-0.39, 0.29) is 13.2 Å². The predicted octanol–water partition coefficient (Wildman–Crippen LogP) is 0.695. The van der Waals surface area contributed by atoms with E-state index in [1.54, 1.807) is 12.1 Å². The number of fused-ring (bicyclic) bond motifs is 1. The van der Waals surface area contributed by atoms with Crippen molar-refractivity contribution in [3.63, 3.8) is 0 Å². The SMILES string of the molecule is Cc1ccc2c(COC(=O)Cn3ccc(=O)[nH]c3=O)cc(=O)oc2c1. The Labute approximate surface area is 140 Å². The van der Waals surface area contributed by atoms with Crippen molar-refractivity contribution < 1.29 is 13.9 Å². The van der Waals surface area contributed by atoms with Crippen LogP contribution in [0.15, 0.2) is 55.3 Å². The van der Waals surface area contributed by atoms with Crippen molar-refractivity contribution in [1.82, 2.24) is 9.55 Å². The number of carbonyl (C=O) groups excluding carboxylic acids is 1. The second kappa shape index (κ2) is 6.60. The molecule has 0 aliphatic rings. The van der Waals surface area contributed by atoms with Gasteiger partial charge in [-0.2, -0.15) is 0 Å². The summed E-state index contributed by atoms with van der Waals surface area (Å²) in [6.07, 6.45) is 1.21. The Hall–Kier alpha value is -3.42. The maximum Gasteiger partial charge on any atom is 0.336 e. The van der Waals surface area contributed by atoms with Gasteiger partial charge in [-0.1, -0.05) is 12.1 Å². The highest BCUT2D eigenvalue weighted by atomic mass is 16.5. The van der Waals surface area contributed by atoms with Gasteiger partial charge in [0.2, 0.25) is 0 Å². The molecule has 1 N–H and O–H groups in total. The normalized spacial score (nSPS) is 10.8. The summed E-state index contributed by atoms with van der Waals surface area (Å²) in [6.45, 7) is 1.38. The zero-order valence-corrected chi connectivity index (χ0v) is 13.3. The van der Waals surface area contributed by atoms with Crippen molar-refractivity contribution in [3.05, 3.63) is 78.9 Å². The number of hydrogen-bond donors (Lipinski definition) is 1. The molecule has 8 nitrogen and oxygen atoms in total. The van der Waals surface area contributed by atoms with E-state index in [1.807, 2.05) is 18.0 Å². The minimum atomic E-state index is -0.703.